The lowest BCUT2D eigenvalue weighted by atomic mass is 10.2. The predicted octanol–water partition coefficient (Wildman–Crippen LogP) is 4.60. The number of carbonyl (C=O) groups is 1. The zero-order valence-corrected chi connectivity index (χ0v) is 19.7. The highest BCUT2D eigenvalue weighted by molar-refractivity contribution is 7.98. The summed E-state index contributed by atoms with van der Waals surface area (Å²) in [5.41, 5.74) is 2.24. The fraction of sp³-hybridized carbons (Fsp3) is 0.136. The highest BCUT2D eigenvalue weighted by Gasteiger charge is 2.21. The molecule has 8 nitrogen and oxygen atoms in total. The number of halogens is 2. The van der Waals surface area contributed by atoms with Crippen LogP contribution in [0, 0.1) is 0 Å². The van der Waals surface area contributed by atoms with E-state index in [1.807, 2.05) is 24.3 Å². The Balaban J connectivity index is 1.61. The van der Waals surface area contributed by atoms with E-state index in [2.05, 4.69) is 25.6 Å². The number of hydrogen-bond acceptors (Lipinski definition) is 7. The maximum atomic E-state index is 13.0. The molecule has 2 aromatic carbocycles. The normalized spacial score (nSPS) is 10.8. The Bertz CT molecular complexity index is 1250. The number of nitrogens with zero attached hydrogens (tertiary/aromatic N) is 5. The molecule has 0 saturated carbocycles. The molecule has 1 amide bonds. The van der Waals surface area contributed by atoms with Gasteiger partial charge in [0.1, 0.15) is 5.75 Å². The van der Waals surface area contributed by atoms with Crippen molar-refractivity contribution < 1.29 is 9.53 Å². The van der Waals surface area contributed by atoms with Crippen LogP contribution in [0.5, 0.6) is 5.75 Å². The topological polar surface area (TPSA) is 94.8 Å². The first-order valence-corrected chi connectivity index (χ1v) is 11.5. The van der Waals surface area contributed by atoms with Gasteiger partial charge in [0.25, 0.3) is 5.91 Å². The minimum Gasteiger partial charge on any atom is -0.497 e. The first-order chi connectivity index (χ1) is 16.0. The first kappa shape index (κ1) is 23.0. The van der Waals surface area contributed by atoms with Gasteiger partial charge < -0.3 is 10.1 Å². The summed E-state index contributed by atoms with van der Waals surface area (Å²) < 4.78 is 6.79. The van der Waals surface area contributed by atoms with Crippen LogP contribution in [-0.4, -0.2) is 38.0 Å². The van der Waals surface area contributed by atoms with Gasteiger partial charge in [0.05, 0.1) is 18.5 Å². The second kappa shape index (κ2) is 10.7. The van der Waals surface area contributed by atoms with Crippen LogP contribution >= 0.6 is 35.0 Å². The third kappa shape index (κ3) is 5.81. The van der Waals surface area contributed by atoms with Crippen molar-refractivity contribution in [3.8, 4) is 11.4 Å². The van der Waals surface area contributed by atoms with Gasteiger partial charge in [-0.3, -0.25) is 4.79 Å². The summed E-state index contributed by atoms with van der Waals surface area (Å²) in [6, 6.07) is 14.2. The molecule has 1 N–H and O–H groups in total. The van der Waals surface area contributed by atoms with E-state index in [9.17, 15) is 4.79 Å². The number of nitrogens with one attached hydrogen (secondary N) is 1. The lowest BCUT2D eigenvalue weighted by Crippen LogP contribution is -2.24. The van der Waals surface area contributed by atoms with Gasteiger partial charge in [-0.1, -0.05) is 52.3 Å². The molecule has 0 atom stereocenters. The Kier molecular flexibility index (Phi) is 7.43. The van der Waals surface area contributed by atoms with Crippen LogP contribution in [0.4, 0.5) is 0 Å². The number of methoxy groups -OCH3 is 1. The SMILES string of the molecule is COc1cccc(CNC(=O)c2nnn(-c3cc(Cl)cc(Cl)c3)c2CSc2ncccn2)c1. The largest absolute Gasteiger partial charge is 0.497 e. The maximum absolute atomic E-state index is 13.0. The van der Waals surface area contributed by atoms with Crippen molar-refractivity contribution in [3.63, 3.8) is 0 Å². The van der Waals surface area contributed by atoms with E-state index >= 15 is 0 Å². The summed E-state index contributed by atoms with van der Waals surface area (Å²) >= 11 is 13.7. The van der Waals surface area contributed by atoms with E-state index in [0.29, 0.717) is 44.6 Å². The van der Waals surface area contributed by atoms with E-state index in [-0.39, 0.29) is 11.6 Å². The average molecular weight is 501 g/mol. The number of ether oxygens (including phenoxy) is 1. The van der Waals surface area contributed by atoms with E-state index < -0.39 is 0 Å². The van der Waals surface area contributed by atoms with Gasteiger partial charge in [0.15, 0.2) is 10.9 Å². The highest BCUT2D eigenvalue weighted by atomic mass is 35.5. The molecule has 33 heavy (non-hydrogen) atoms. The molecule has 0 saturated heterocycles. The lowest BCUT2D eigenvalue weighted by molar-refractivity contribution is 0.0945. The van der Waals surface area contributed by atoms with Crippen LogP contribution in [-0.2, 0) is 12.3 Å². The molecule has 2 heterocycles. The van der Waals surface area contributed by atoms with Crippen LogP contribution in [0.15, 0.2) is 66.1 Å². The molecule has 0 aliphatic rings. The Morgan fingerprint density at radius 3 is 2.58 bits per heavy atom. The number of benzene rings is 2. The minimum atomic E-state index is -0.359. The lowest BCUT2D eigenvalue weighted by Gasteiger charge is -2.09. The van der Waals surface area contributed by atoms with Gasteiger partial charge in [-0.25, -0.2) is 14.6 Å². The van der Waals surface area contributed by atoms with Gasteiger partial charge in [-0.15, -0.1) is 5.10 Å². The summed E-state index contributed by atoms with van der Waals surface area (Å²) in [7, 11) is 1.60. The zero-order valence-electron chi connectivity index (χ0n) is 17.4. The molecule has 2 aromatic heterocycles. The Morgan fingerprint density at radius 1 is 1.09 bits per heavy atom. The highest BCUT2D eigenvalue weighted by Crippen LogP contribution is 2.26. The summed E-state index contributed by atoms with van der Waals surface area (Å²) in [5.74, 6) is 0.704. The van der Waals surface area contributed by atoms with Crippen molar-refractivity contribution in [2.45, 2.75) is 17.5 Å². The number of thioether (sulfide) groups is 1. The standard InChI is InChI=1S/C22H18Cl2N6O2S/c1-32-18-5-2-4-14(8-18)12-27-21(31)20-19(13-33-22-25-6-3-7-26-22)30(29-28-20)17-10-15(23)9-16(24)11-17/h2-11H,12-13H2,1H3,(H,27,31). The molecule has 0 aliphatic heterocycles. The predicted molar refractivity (Wildman–Crippen MR) is 127 cm³/mol. The maximum Gasteiger partial charge on any atom is 0.274 e. The fourth-order valence-corrected chi connectivity index (χ4v) is 4.33. The van der Waals surface area contributed by atoms with Crippen molar-refractivity contribution in [3.05, 3.63) is 87.9 Å². The average Bonchev–Trinajstić information content (AvgIpc) is 3.25. The van der Waals surface area contributed by atoms with Crippen molar-refractivity contribution in [1.29, 1.82) is 0 Å². The molecule has 0 fully saturated rings. The van der Waals surface area contributed by atoms with Gasteiger partial charge >= 0.3 is 0 Å². The molecule has 4 rings (SSSR count). The van der Waals surface area contributed by atoms with Crippen LogP contribution < -0.4 is 10.1 Å². The second-order valence-electron chi connectivity index (χ2n) is 6.78. The molecular formula is C22H18Cl2N6O2S. The van der Waals surface area contributed by atoms with Gasteiger partial charge in [-0.2, -0.15) is 0 Å². The van der Waals surface area contributed by atoms with Crippen LogP contribution in [0.25, 0.3) is 5.69 Å². The smallest absolute Gasteiger partial charge is 0.274 e. The molecule has 11 heteroatoms. The van der Waals surface area contributed by atoms with Gasteiger partial charge in [0.2, 0.25) is 0 Å². The quantitative estimate of drug-likeness (QED) is 0.279. The fourth-order valence-electron chi connectivity index (χ4n) is 3.02. The first-order valence-electron chi connectivity index (χ1n) is 9.75. The van der Waals surface area contributed by atoms with Crippen LogP contribution in [0.2, 0.25) is 10.0 Å². The summed E-state index contributed by atoms with van der Waals surface area (Å²) in [5, 5.41) is 12.7. The van der Waals surface area contributed by atoms with Gasteiger partial charge in [-0.05, 0) is 42.0 Å². The molecule has 0 aliphatic carbocycles. The molecule has 0 unspecified atom stereocenters. The Hall–Kier alpha value is -3.14. The molecule has 0 radical (unpaired) electrons. The number of aromatic nitrogens is 5. The van der Waals surface area contributed by atoms with E-state index in [1.54, 1.807) is 48.5 Å². The third-order valence-corrected chi connectivity index (χ3v) is 5.86. The van der Waals surface area contributed by atoms with Crippen molar-refractivity contribution in [1.82, 2.24) is 30.3 Å². The Labute approximate surface area is 204 Å². The summed E-state index contributed by atoms with van der Waals surface area (Å²) in [6.07, 6.45) is 3.31. The zero-order chi connectivity index (χ0) is 23.2. The van der Waals surface area contributed by atoms with E-state index in [0.717, 1.165) is 5.56 Å². The Morgan fingerprint density at radius 2 is 1.85 bits per heavy atom. The monoisotopic (exact) mass is 500 g/mol. The summed E-state index contributed by atoms with van der Waals surface area (Å²) in [4.78, 5) is 21.5. The molecule has 0 spiro atoms. The number of rotatable bonds is 8. The number of carbonyl (C=O) groups excluding carboxylic acids is 1. The van der Waals surface area contributed by atoms with E-state index in [4.69, 9.17) is 27.9 Å². The number of hydrogen-bond donors (Lipinski definition) is 1. The van der Waals surface area contributed by atoms with Crippen LogP contribution in [0.1, 0.15) is 21.7 Å². The molecule has 168 valence electrons. The van der Waals surface area contributed by atoms with Crippen molar-refractivity contribution in [2.75, 3.05) is 7.11 Å². The molecule has 4 aromatic rings. The molecular weight excluding hydrogens is 483 g/mol. The molecule has 0 bridgehead atoms. The second-order valence-corrected chi connectivity index (χ2v) is 8.59. The summed E-state index contributed by atoms with van der Waals surface area (Å²) in [6.45, 7) is 0.306. The third-order valence-electron chi connectivity index (χ3n) is 4.54. The van der Waals surface area contributed by atoms with Gasteiger partial charge in [0, 0.05) is 34.7 Å². The number of amides is 1. The van der Waals surface area contributed by atoms with Crippen LogP contribution in [0.3, 0.4) is 0 Å². The van der Waals surface area contributed by atoms with E-state index in [1.165, 1.54) is 11.8 Å². The van der Waals surface area contributed by atoms with Crippen molar-refractivity contribution in [2.24, 2.45) is 0 Å². The minimum absolute atomic E-state index is 0.192. The van der Waals surface area contributed by atoms with Crippen molar-refractivity contribution >= 4 is 40.9 Å².